The van der Waals surface area contributed by atoms with Crippen LogP contribution in [0.4, 0.5) is 0 Å². The summed E-state index contributed by atoms with van der Waals surface area (Å²) < 4.78 is 5.38. The van der Waals surface area contributed by atoms with Gasteiger partial charge in [0.25, 0.3) is 0 Å². The number of rotatable bonds is 4. The Kier molecular flexibility index (Phi) is 4.84. The average Bonchev–Trinajstić information content (AvgIpc) is 2.88. The van der Waals surface area contributed by atoms with Gasteiger partial charge in [0.2, 0.25) is 0 Å². The van der Waals surface area contributed by atoms with Gasteiger partial charge in [-0.1, -0.05) is 0 Å². The van der Waals surface area contributed by atoms with Gasteiger partial charge in [0.1, 0.15) is 24.4 Å². The summed E-state index contributed by atoms with van der Waals surface area (Å²) >= 11 is 1.19. The molecule has 1 aliphatic rings. The van der Waals surface area contributed by atoms with Crippen LogP contribution in [-0.2, 0) is 11.2 Å². The second kappa shape index (κ2) is 6.25. The summed E-state index contributed by atoms with van der Waals surface area (Å²) in [5.74, 6) is -0.0949. The van der Waals surface area contributed by atoms with E-state index < -0.39 is 37.1 Å². The lowest BCUT2D eigenvalue weighted by Crippen LogP contribution is -2.58. The molecule has 1 aromatic rings. The maximum Gasteiger partial charge on any atom is 0.171 e. The highest BCUT2D eigenvalue weighted by atomic mass is 32.1. The van der Waals surface area contributed by atoms with Gasteiger partial charge in [0, 0.05) is 19.5 Å². The molecule has 0 aromatic carbocycles. The molecule has 0 spiro atoms. The van der Waals surface area contributed by atoms with Gasteiger partial charge in [0.15, 0.2) is 5.78 Å². The fourth-order valence-electron chi connectivity index (χ4n) is 2.09. The number of aliphatic hydroxyl groups is 4. The summed E-state index contributed by atoms with van der Waals surface area (Å²) in [7, 11) is 0. The SMILES string of the molecule is CC(=O)c1cnc(CC2OC(CO)C(O)C(O)C2O)s1. The molecule has 0 aliphatic carbocycles. The van der Waals surface area contributed by atoms with Crippen molar-refractivity contribution in [3.05, 3.63) is 16.1 Å². The van der Waals surface area contributed by atoms with Crippen molar-refractivity contribution in [3.8, 4) is 0 Å². The fourth-order valence-corrected chi connectivity index (χ4v) is 2.94. The van der Waals surface area contributed by atoms with Crippen LogP contribution in [0.3, 0.4) is 0 Å². The minimum absolute atomic E-state index is 0.0949. The number of carbonyl (C=O) groups excluding carboxylic acids is 1. The van der Waals surface area contributed by atoms with Crippen LogP contribution in [0, 0.1) is 0 Å². The van der Waals surface area contributed by atoms with Crippen molar-refractivity contribution >= 4 is 17.1 Å². The van der Waals surface area contributed by atoms with E-state index in [-0.39, 0.29) is 12.2 Å². The molecule has 5 unspecified atom stereocenters. The molecule has 7 nitrogen and oxygen atoms in total. The van der Waals surface area contributed by atoms with Crippen LogP contribution in [0.1, 0.15) is 21.6 Å². The van der Waals surface area contributed by atoms with Gasteiger partial charge in [-0.25, -0.2) is 4.98 Å². The van der Waals surface area contributed by atoms with Crippen LogP contribution in [0.25, 0.3) is 0 Å². The number of carbonyl (C=O) groups is 1. The highest BCUT2D eigenvalue weighted by molar-refractivity contribution is 7.13. The number of Topliss-reactive ketones (excluding diaryl/α,β-unsaturated/α-hetero) is 1. The minimum Gasteiger partial charge on any atom is -0.394 e. The van der Waals surface area contributed by atoms with Crippen molar-refractivity contribution in [3.63, 3.8) is 0 Å². The summed E-state index contributed by atoms with van der Waals surface area (Å²) in [4.78, 5) is 15.8. The molecule has 112 valence electrons. The first-order valence-electron chi connectivity index (χ1n) is 6.20. The maximum atomic E-state index is 11.2. The first-order valence-corrected chi connectivity index (χ1v) is 7.01. The van der Waals surface area contributed by atoms with Crippen LogP contribution in [-0.4, -0.2) is 68.3 Å². The molecular weight excluding hydrogens is 286 g/mol. The molecule has 8 heteroatoms. The van der Waals surface area contributed by atoms with Crippen LogP contribution in [0.5, 0.6) is 0 Å². The molecule has 5 atom stereocenters. The fraction of sp³-hybridized carbons (Fsp3) is 0.667. The van der Waals surface area contributed by atoms with Gasteiger partial charge in [0.05, 0.1) is 22.6 Å². The predicted molar refractivity (Wildman–Crippen MR) is 69.6 cm³/mol. The van der Waals surface area contributed by atoms with E-state index in [0.29, 0.717) is 9.88 Å². The Morgan fingerprint density at radius 1 is 1.30 bits per heavy atom. The lowest BCUT2D eigenvalue weighted by molar-refractivity contribution is -0.228. The summed E-state index contributed by atoms with van der Waals surface area (Å²) in [6.45, 7) is 0.975. The van der Waals surface area contributed by atoms with Crippen LogP contribution in [0.15, 0.2) is 6.20 Å². The first kappa shape index (κ1) is 15.5. The average molecular weight is 303 g/mol. The van der Waals surface area contributed by atoms with Crippen molar-refractivity contribution in [2.75, 3.05) is 6.61 Å². The molecule has 2 heterocycles. The molecule has 1 aromatic heterocycles. The van der Waals surface area contributed by atoms with Gasteiger partial charge < -0.3 is 25.2 Å². The minimum atomic E-state index is -1.39. The Labute approximate surface area is 119 Å². The van der Waals surface area contributed by atoms with E-state index in [0.717, 1.165) is 0 Å². The van der Waals surface area contributed by atoms with Crippen LogP contribution < -0.4 is 0 Å². The molecule has 0 bridgehead atoms. The lowest BCUT2D eigenvalue weighted by Gasteiger charge is -2.39. The second-order valence-corrected chi connectivity index (χ2v) is 5.86. The smallest absolute Gasteiger partial charge is 0.171 e. The monoisotopic (exact) mass is 303 g/mol. The molecular formula is C12H17NO6S. The topological polar surface area (TPSA) is 120 Å². The number of ketones is 1. The van der Waals surface area contributed by atoms with E-state index in [9.17, 15) is 20.1 Å². The normalized spacial score (nSPS) is 34.1. The van der Waals surface area contributed by atoms with E-state index in [1.165, 1.54) is 24.5 Å². The Morgan fingerprint density at radius 2 is 1.95 bits per heavy atom. The largest absolute Gasteiger partial charge is 0.394 e. The zero-order valence-corrected chi connectivity index (χ0v) is 11.7. The van der Waals surface area contributed by atoms with E-state index in [1.54, 1.807) is 0 Å². The Morgan fingerprint density at radius 3 is 2.50 bits per heavy atom. The predicted octanol–water partition coefficient (Wildman–Crippen LogP) is -1.27. The van der Waals surface area contributed by atoms with Crippen molar-refractivity contribution in [2.45, 2.75) is 43.9 Å². The van der Waals surface area contributed by atoms with Gasteiger partial charge in [-0.05, 0) is 0 Å². The first-order chi connectivity index (χ1) is 9.43. The van der Waals surface area contributed by atoms with Gasteiger partial charge in [-0.3, -0.25) is 4.79 Å². The molecule has 0 saturated carbocycles. The molecule has 1 aliphatic heterocycles. The zero-order chi connectivity index (χ0) is 14.9. The van der Waals surface area contributed by atoms with Crippen molar-refractivity contribution < 1.29 is 30.0 Å². The van der Waals surface area contributed by atoms with Gasteiger partial charge in [-0.15, -0.1) is 11.3 Å². The standard InChI is InChI=1S/C12H17NO6S/c1-5(15)8-3-13-9(20-8)2-6-10(16)12(18)11(17)7(4-14)19-6/h3,6-7,10-12,14,16-18H,2,4H2,1H3. The Balaban J connectivity index is 2.08. The summed E-state index contributed by atoms with van der Waals surface area (Å²) in [6, 6.07) is 0. The number of hydrogen-bond acceptors (Lipinski definition) is 8. The quantitative estimate of drug-likeness (QED) is 0.512. The zero-order valence-electron chi connectivity index (χ0n) is 10.8. The van der Waals surface area contributed by atoms with Crippen LogP contribution in [0.2, 0.25) is 0 Å². The molecule has 1 saturated heterocycles. The van der Waals surface area contributed by atoms with Crippen molar-refractivity contribution in [1.82, 2.24) is 4.98 Å². The van der Waals surface area contributed by atoms with E-state index in [2.05, 4.69) is 4.98 Å². The maximum absolute atomic E-state index is 11.2. The van der Waals surface area contributed by atoms with E-state index in [1.807, 2.05) is 0 Å². The Bertz CT molecular complexity index is 476. The number of aromatic nitrogens is 1. The Hall–Kier alpha value is -0.900. The third kappa shape index (κ3) is 3.05. The lowest BCUT2D eigenvalue weighted by atomic mass is 9.94. The molecule has 0 radical (unpaired) electrons. The molecule has 0 amide bonds. The molecule has 2 rings (SSSR count). The van der Waals surface area contributed by atoms with Gasteiger partial charge in [-0.2, -0.15) is 0 Å². The summed E-state index contributed by atoms with van der Waals surface area (Å²) in [6.07, 6.45) is -4.11. The van der Waals surface area contributed by atoms with E-state index in [4.69, 9.17) is 9.84 Å². The number of aliphatic hydroxyl groups excluding tert-OH is 4. The summed E-state index contributed by atoms with van der Waals surface area (Å²) in [5, 5.41) is 38.9. The summed E-state index contributed by atoms with van der Waals surface area (Å²) in [5.41, 5.74) is 0. The molecule has 1 fully saturated rings. The number of ether oxygens (including phenoxy) is 1. The van der Waals surface area contributed by atoms with Crippen molar-refractivity contribution in [1.29, 1.82) is 0 Å². The molecule has 4 N–H and O–H groups in total. The second-order valence-electron chi connectivity index (χ2n) is 4.75. The number of nitrogens with zero attached hydrogens (tertiary/aromatic N) is 1. The number of hydrogen-bond donors (Lipinski definition) is 4. The van der Waals surface area contributed by atoms with Crippen LogP contribution >= 0.6 is 11.3 Å². The highest BCUT2D eigenvalue weighted by Crippen LogP contribution is 2.25. The van der Waals surface area contributed by atoms with Crippen molar-refractivity contribution in [2.24, 2.45) is 0 Å². The third-order valence-electron chi connectivity index (χ3n) is 3.27. The third-order valence-corrected chi connectivity index (χ3v) is 4.39. The molecule has 20 heavy (non-hydrogen) atoms. The number of thiazole rings is 1. The highest BCUT2D eigenvalue weighted by Gasteiger charge is 2.43. The van der Waals surface area contributed by atoms with E-state index >= 15 is 0 Å². The van der Waals surface area contributed by atoms with Gasteiger partial charge >= 0.3 is 0 Å².